The molecule has 0 spiro atoms. The number of hydrogen-bond donors (Lipinski definition) is 2. The van der Waals surface area contributed by atoms with Gasteiger partial charge in [-0.1, -0.05) is 6.42 Å². The fourth-order valence-corrected chi connectivity index (χ4v) is 4.41. The molecule has 3 nitrogen and oxygen atoms in total. The highest BCUT2D eigenvalue weighted by molar-refractivity contribution is 7.12. The van der Waals surface area contributed by atoms with Crippen LogP contribution in [0.5, 0.6) is 0 Å². The van der Waals surface area contributed by atoms with Gasteiger partial charge in [0.1, 0.15) is 0 Å². The molecule has 2 heterocycles. The Hall–Kier alpha value is -0.870. The summed E-state index contributed by atoms with van der Waals surface area (Å²) >= 11 is 1.76. The normalized spacial score (nSPS) is 31.2. The van der Waals surface area contributed by atoms with E-state index in [1.54, 1.807) is 11.3 Å². The molecule has 19 heavy (non-hydrogen) atoms. The van der Waals surface area contributed by atoms with E-state index in [-0.39, 0.29) is 18.0 Å². The maximum Gasteiger partial charge on any atom is 0.237 e. The second-order valence-electron chi connectivity index (χ2n) is 5.92. The van der Waals surface area contributed by atoms with Gasteiger partial charge in [-0.2, -0.15) is 0 Å². The quantitative estimate of drug-likeness (QED) is 0.892. The van der Waals surface area contributed by atoms with Crippen LogP contribution in [0.3, 0.4) is 0 Å². The molecule has 1 aliphatic carbocycles. The highest BCUT2D eigenvalue weighted by Crippen LogP contribution is 2.37. The van der Waals surface area contributed by atoms with E-state index in [1.165, 1.54) is 29.0 Å². The van der Waals surface area contributed by atoms with Crippen LogP contribution in [0.15, 0.2) is 12.1 Å². The number of amides is 1. The Bertz CT molecular complexity index is 470. The molecule has 104 valence electrons. The van der Waals surface area contributed by atoms with E-state index in [0.717, 1.165) is 12.5 Å². The molecule has 1 aromatic rings. The fourth-order valence-electron chi connectivity index (χ4n) is 3.54. The summed E-state index contributed by atoms with van der Waals surface area (Å²) in [5.41, 5.74) is 0. The molecular weight excluding hydrogens is 256 g/mol. The number of thiophene rings is 1. The van der Waals surface area contributed by atoms with Gasteiger partial charge in [0, 0.05) is 9.75 Å². The standard InChI is InChI=1S/C15H22N2OS/c1-9-6-7-13(19-9)10(2)17-15(18)14-12-5-3-4-11(12)8-16-14/h6-7,10-12,14,16H,3-5,8H2,1-2H3,(H,17,18). The molecule has 4 heteroatoms. The molecule has 1 aromatic heterocycles. The van der Waals surface area contributed by atoms with Crippen LogP contribution >= 0.6 is 11.3 Å². The molecule has 3 rings (SSSR count). The molecule has 2 fully saturated rings. The molecular formula is C15H22N2OS. The number of hydrogen-bond acceptors (Lipinski definition) is 3. The molecule has 1 aliphatic heterocycles. The monoisotopic (exact) mass is 278 g/mol. The summed E-state index contributed by atoms with van der Waals surface area (Å²) in [5, 5.41) is 6.58. The van der Waals surface area contributed by atoms with E-state index in [9.17, 15) is 4.79 Å². The molecule has 1 amide bonds. The van der Waals surface area contributed by atoms with Gasteiger partial charge in [0.05, 0.1) is 12.1 Å². The highest BCUT2D eigenvalue weighted by Gasteiger charge is 2.42. The van der Waals surface area contributed by atoms with Crippen molar-refractivity contribution in [1.82, 2.24) is 10.6 Å². The number of aryl methyl sites for hydroxylation is 1. The number of carbonyl (C=O) groups excluding carboxylic acids is 1. The molecule has 0 radical (unpaired) electrons. The van der Waals surface area contributed by atoms with E-state index in [4.69, 9.17) is 0 Å². The zero-order valence-electron chi connectivity index (χ0n) is 11.6. The van der Waals surface area contributed by atoms with Crippen molar-refractivity contribution in [3.8, 4) is 0 Å². The fraction of sp³-hybridized carbons (Fsp3) is 0.667. The highest BCUT2D eigenvalue weighted by atomic mass is 32.1. The largest absolute Gasteiger partial charge is 0.347 e. The van der Waals surface area contributed by atoms with Crippen molar-refractivity contribution in [2.75, 3.05) is 6.54 Å². The Morgan fingerprint density at radius 2 is 2.32 bits per heavy atom. The van der Waals surface area contributed by atoms with Gasteiger partial charge in [-0.05, 0) is 57.2 Å². The minimum atomic E-state index is 0.0380. The van der Waals surface area contributed by atoms with Crippen molar-refractivity contribution in [3.05, 3.63) is 21.9 Å². The summed E-state index contributed by atoms with van der Waals surface area (Å²) in [5.74, 6) is 1.49. The van der Waals surface area contributed by atoms with Crippen molar-refractivity contribution in [2.24, 2.45) is 11.8 Å². The Morgan fingerprint density at radius 1 is 1.47 bits per heavy atom. The number of carbonyl (C=O) groups is 1. The van der Waals surface area contributed by atoms with Gasteiger partial charge in [-0.3, -0.25) is 4.79 Å². The van der Waals surface area contributed by atoms with Gasteiger partial charge in [-0.15, -0.1) is 11.3 Å². The first kappa shape index (κ1) is 13.1. The lowest BCUT2D eigenvalue weighted by atomic mass is 9.93. The molecule has 0 aromatic carbocycles. The van der Waals surface area contributed by atoms with Crippen molar-refractivity contribution >= 4 is 17.2 Å². The summed E-state index contributed by atoms with van der Waals surface area (Å²) in [6.45, 7) is 5.20. The van der Waals surface area contributed by atoms with E-state index < -0.39 is 0 Å². The van der Waals surface area contributed by atoms with Gasteiger partial charge in [0.15, 0.2) is 0 Å². The summed E-state index contributed by atoms with van der Waals surface area (Å²) in [6, 6.07) is 4.39. The lowest BCUT2D eigenvalue weighted by Gasteiger charge is -2.20. The van der Waals surface area contributed by atoms with Crippen LogP contribution in [-0.4, -0.2) is 18.5 Å². The SMILES string of the molecule is Cc1ccc(C(C)NC(=O)C2NCC3CCCC32)s1. The minimum absolute atomic E-state index is 0.0380. The minimum Gasteiger partial charge on any atom is -0.347 e. The summed E-state index contributed by atoms with van der Waals surface area (Å²) in [6.07, 6.45) is 3.80. The molecule has 2 aliphatic rings. The van der Waals surface area contributed by atoms with Crippen molar-refractivity contribution in [3.63, 3.8) is 0 Å². The topological polar surface area (TPSA) is 41.1 Å². The Labute approximate surface area is 118 Å². The Kier molecular flexibility index (Phi) is 3.63. The van der Waals surface area contributed by atoms with Crippen LogP contribution in [0.2, 0.25) is 0 Å². The van der Waals surface area contributed by atoms with Crippen molar-refractivity contribution in [1.29, 1.82) is 0 Å². The van der Waals surface area contributed by atoms with Crippen LogP contribution < -0.4 is 10.6 Å². The maximum absolute atomic E-state index is 12.4. The van der Waals surface area contributed by atoms with Crippen LogP contribution in [-0.2, 0) is 4.79 Å². The third kappa shape index (κ3) is 2.56. The van der Waals surface area contributed by atoms with Crippen LogP contribution in [0, 0.1) is 18.8 Å². The van der Waals surface area contributed by atoms with E-state index in [1.807, 2.05) is 0 Å². The van der Waals surface area contributed by atoms with Gasteiger partial charge < -0.3 is 10.6 Å². The predicted octanol–water partition coefficient (Wildman–Crippen LogP) is 2.62. The van der Waals surface area contributed by atoms with E-state index in [0.29, 0.717) is 5.92 Å². The summed E-state index contributed by atoms with van der Waals surface area (Å²) in [7, 11) is 0. The van der Waals surface area contributed by atoms with Gasteiger partial charge in [-0.25, -0.2) is 0 Å². The Morgan fingerprint density at radius 3 is 3.05 bits per heavy atom. The average Bonchev–Trinajstić information content (AvgIpc) is 3.02. The lowest BCUT2D eigenvalue weighted by molar-refractivity contribution is -0.124. The molecule has 1 saturated carbocycles. The average molecular weight is 278 g/mol. The van der Waals surface area contributed by atoms with Gasteiger partial charge in [0.25, 0.3) is 0 Å². The zero-order valence-corrected chi connectivity index (χ0v) is 12.4. The molecule has 0 bridgehead atoms. The molecule has 1 saturated heterocycles. The first-order valence-corrected chi connectivity index (χ1v) is 8.07. The van der Waals surface area contributed by atoms with E-state index in [2.05, 4.69) is 36.6 Å². The molecule has 4 unspecified atom stereocenters. The second kappa shape index (κ2) is 5.25. The molecule has 2 N–H and O–H groups in total. The van der Waals surface area contributed by atoms with Crippen molar-refractivity contribution < 1.29 is 4.79 Å². The van der Waals surface area contributed by atoms with Crippen LogP contribution in [0.4, 0.5) is 0 Å². The summed E-state index contributed by atoms with van der Waals surface area (Å²) < 4.78 is 0. The van der Waals surface area contributed by atoms with Crippen LogP contribution in [0.1, 0.15) is 42.0 Å². The van der Waals surface area contributed by atoms with Crippen molar-refractivity contribution in [2.45, 2.75) is 45.2 Å². The van der Waals surface area contributed by atoms with Gasteiger partial charge in [0.2, 0.25) is 5.91 Å². The number of nitrogens with one attached hydrogen (secondary N) is 2. The second-order valence-corrected chi connectivity index (χ2v) is 7.24. The summed E-state index contributed by atoms with van der Waals surface area (Å²) in [4.78, 5) is 14.9. The predicted molar refractivity (Wildman–Crippen MR) is 78.2 cm³/mol. The third-order valence-electron chi connectivity index (χ3n) is 4.58. The van der Waals surface area contributed by atoms with E-state index >= 15 is 0 Å². The first-order chi connectivity index (χ1) is 9.15. The first-order valence-electron chi connectivity index (χ1n) is 7.25. The van der Waals surface area contributed by atoms with Gasteiger partial charge >= 0.3 is 0 Å². The lowest BCUT2D eigenvalue weighted by Crippen LogP contribution is -2.44. The van der Waals surface area contributed by atoms with Crippen LogP contribution in [0.25, 0.3) is 0 Å². The zero-order chi connectivity index (χ0) is 13.4. The smallest absolute Gasteiger partial charge is 0.237 e. The number of fused-ring (bicyclic) bond motifs is 1. The maximum atomic E-state index is 12.4. The Balaban J connectivity index is 1.62. The number of rotatable bonds is 3. The third-order valence-corrected chi connectivity index (χ3v) is 5.76. The molecule has 4 atom stereocenters.